The molecule has 1 aliphatic carbocycles. The summed E-state index contributed by atoms with van der Waals surface area (Å²) in [5.74, 6) is 1.84. The quantitative estimate of drug-likeness (QED) is 0.200. The number of guanidine groups is 1. The van der Waals surface area contributed by atoms with Gasteiger partial charge in [-0.2, -0.15) is 0 Å². The molecule has 0 radical (unpaired) electrons. The molecule has 2 N–H and O–H groups in total. The fourth-order valence-corrected chi connectivity index (χ4v) is 2.66. The van der Waals surface area contributed by atoms with E-state index in [1.54, 1.807) is 18.9 Å². The normalized spacial score (nSPS) is 14.7. The van der Waals surface area contributed by atoms with Crippen LogP contribution in [-0.2, 0) is 11.2 Å². The van der Waals surface area contributed by atoms with Gasteiger partial charge in [0.15, 0.2) is 5.96 Å². The Morgan fingerprint density at radius 2 is 2.08 bits per heavy atom. The second kappa shape index (κ2) is 13.3. The summed E-state index contributed by atoms with van der Waals surface area (Å²) in [7, 11) is 1.70. The summed E-state index contributed by atoms with van der Waals surface area (Å²) in [4.78, 5) is 4.53. The molecule has 136 valence electrons. The SMILES string of the molecule is COCCN=C(NCCC1=CCCCC1)NCCc1ccco1.I. The molecule has 5 nitrogen and oxygen atoms in total. The molecule has 0 spiro atoms. The molecular formula is C18H30IN3O2. The number of hydrogen-bond acceptors (Lipinski definition) is 3. The number of aliphatic imine (C=N–C) groups is 1. The highest BCUT2D eigenvalue weighted by Gasteiger charge is 2.04. The molecule has 0 aromatic carbocycles. The van der Waals surface area contributed by atoms with Gasteiger partial charge in [0.2, 0.25) is 0 Å². The molecule has 0 saturated carbocycles. The lowest BCUT2D eigenvalue weighted by atomic mass is 9.97. The van der Waals surface area contributed by atoms with E-state index in [0.717, 1.165) is 37.7 Å². The van der Waals surface area contributed by atoms with Crippen molar-refractivity contribution in [3.05, 3.63) is 35.8 Å². The van der Waals surface area contributed by atoms with Crippen LogP contribution in [0.3, 0.4) is 0 Å². The average molecular weight is 447 g/mol. The lowest BCUT2D eigenvalue weighted by Gasteiger charge is -2.15. The zero-order valence-corrected chi connectivity index (χ0v) is 16.9. The van der Waals surface area contributed by atoms with Crippen LogP contribution in [0.5, 0.6) is 0 Å². The van der Waals surface area contributed by atoms with Gasteiger partial charge >= 0.3 is 0 Å². The third-order valence-corrected chi connectivity index (χ3v) is 3.93. The summed E-state index contributed by atoms with van der Waals surface area (Å²) in [5.41, 5.74) is 1.58. The van der Waals surface area contributed by atoms with Gasteiger partial charge in [0.05, 0.1) is 19.4 Å². The maximum Gasteiger partial charge on any atom is 0.191 e. The number of nitrogens with one attached hydrogen (secondary N) is 2. The van der Waals surface area contributed by atoms with Crippen molar-refractivity contribution in [3.8, 4) is 0 Å². The zero-order chi connectivity index (χ0) is 16.2. The van der Waals surface area contributed by atoms with Crippen molar-refractivity contribution in [2.75, 3.05) is 33.4 Å². The van der Waals surface area contributed by atoms with Gasteiger partial charge in [0.25, 0.3) is 0 Å². The topological polar surface area (TPSA) is 58.8 Å². The maximum atomic E-state index is 5.35. The summed E-state index contributed by atoms with van der Waals surface area (Å²) >= 11 is 0. The Morgan fingerprint density at radius 1 is 1.25 bits per heavy atom. The van der Waals surface area contributed by atoms with Crippen LogP contribution in [0.4, 0.5) is 0 Å². The van der Waals surface area contributed by atoms with Gasteiger partial charge in [-0.3, -0.25) is 4.99 Å². The van der Waals surface area contributed by atoms with Crippen LogP contribution in [0.2, 0.25) is 0 Å². The molecule has 2 rings (SSSR count). The number of halogens is 1. The number of hydrogen-bond donors (Lipinski definition) is 2. The molecular weight excluding hydrogens is 417 g/mol. The van der Waals surface area contributed by atoms with Gasteiger partial charge in [0.1, 0.15) is 5.76 Å². The number of allylic oxidation sites excluding steroid dienone is 1. The molecule has 6 heteroatoms. The number of rotatable bonds is 9. The minimum atomic E-state index is 0. The molecule has 1 aliphatic rings. The van der Waals surface area contributed by atoms with E-state index in [9.17, 15) is 0 Å². The smallest absolute Gasteiger partial charge is 0.191 e. The number of furan rings is 1. The first-order chi connectivity index (χ1) is 11.4. The van der Waals surface area contributed by atoms with Gasteiger partial charge < -0.3 is 19.8 Å². The third-order valence-electron chi connectivity index (χ3n) is 3.93. The van der Waals surface area contributed by atoms with Crippen LogP contribution >= 0.6 is 24.0 Å². The van der Waals surface area contributed by atoms with Crippen molar-refractivity contribution in [1.29, 1.82) is 0 Å². The van der Waals surface area contributed by atoms with Crippen LogP contribution in [0.1, 0.15) is 37.9 Å². The van der Waals surface area contributed by atoms with E-state index >= 15 is 0 Å². The Balaban J connectivity index is 0.00000288. The molecule has 0 saturated heterocycles. The lowest BCUT2D eigenvalue weighted by Crippen LogP contribution is -2.39. The molecule has 1 heterocycles. The van der Waals surface area contributed by atoms with Crippen LogP contribution in [0.25, 0.3) is 0 Å². The fraction of sp³-hybridized carbons (Fsp3) is 0.611. The van der Waals surface area contributed by atoms with Crippen molar-refractivity contribution in [2.24, 2.45) is 4.99 Å². The highest BCUT2D eigenvalue weighted by molar-refractivity contribution is 14.0. The van der Waals surface area contributed by atoms with Gasteiger partial charge in [0, 0.05) is 26.6 Å². The molecule has 1 aromatic heterocycles. The van der Waals surface area contributed by atoms with Crippen molar-refractivity contribution < 1.29 is 9.15 Å². The molecule has 0 bridgehead atoms. The van der Waals surface area contributed by atoms with Crippen LogP contribution in [0, 0.1) is 0 Å². The molecule has 0 aliphatic heterocycles. The Kier molecular flexibility index (Phi) is 11.6. The molecule has 0 fully saturated rings. The van der Waals surface area contributed by atoms with Crippen molar-refractivity contribution in [2.45, 2.75) is 38.5 Å². The molecule has 0 unspecified atom stereocenters. The molecule has 0 atom stereocenters. The summed E-state index contributed by atoms with van der Waals surface area (Å²) in [6, 6.07) is 3.91. The first-order valence-electron chi connectivity index (χ1n) is 8.60. The third kappa shape index (κ3) is 8.73. The second-order valence-corrected chi connectivity index (χ2v) is 5.76. The number of ether oxygens (including phenoxy) is 1. The monoisotopic (exact) mass is 447 g/mol. The summed E-state index contributed by atoms with van der Waals surface area (Å²) < 4.78 is 10.4. The standard InChI is InChI=1S/C18H29N3O2.HI/c1-22-15-13-21-18(20-12-10-17-8-5-14-23-17)19-11-9-16-6-3-2-4-7-16;/h5-6,8,14H,2-4,7,9-13,15H2,1H3,(H2,19,20,21);1H. The predicted octanol–water partition coefficient (Wildman–Crippen LogP) is 3.51. The summed E-state index contributed by atoms with van der Waals surface area (Å²) in [6.45, 7) is 3.02. The minimum Gasteiger partial charge on any atom is -0.469 e. The van der Waals surface area contributed by atoms with E-state index < -0.39 is 0 Å². The minimum absolute atomic E-state index is 0. The van der Waals surface area contributed by atoms with Crippen molar-refractivity contribution in [3.63, 3.8) is 0 Å². The first-order valence-corrected chi connectivity index (χ1v) is 8.60. The largest absolute Gasteiger partial charge is 0.469 e. The summed E-state index contributed by atoms with van der Waals surface area (Å²) in [6.07, 6.45) is 11.2. The van der Waals surface area contributed by atoms with Crippen LogP contribution < -0.4 is 10.6 Å². The summed E-state index contributed by atoms with van der Waals surface area (Å²) in [5, 5.41) is 6.78. The average Bonchev–Trinajstić information content (AvgIpc) is 3.09. The highest BCUT2D eigenvalue weighted by atomic mass is 127. The molecule has 1 aromatic rings. The number of nitrogens with zero attached hydrogens (tertiary/aromatic N) is 1. The van der Waals surface area contributed by atoms with Gasteiger partial charge in [-0.1, -0.05) is 11.6 Å². The fourth-order valence-electron chi connectivity index (χ4n) is 2.66. The van der Waals surface area contributed by atoms with Crippen LogP contribution in [0.15, 0.2) is 39.5 Å². The van der Waals surface area contributed by atoms with E-state index in [4.69, 9.17) is 9.15 Å². The van der Waals surface area contributed by atoms with E-state index in [0.29, 0.717) is 13.2 Å². The van der Waals surface area contributed by atoms with E-state index in [1.165, 1.54) is 25.7 Å². The Morgan fingerprint density at radius 3 is 2.75 bits per heavy atom. The van der Waals surface area contributed by atoms with Crippen LogP contribution in [-0.4, -0.2) is 39.3 Å². The molecule has 24 heavy (non-hydrogen) atoms. The van der Waals surface area contributed by atoms with E-state index in [-0.39, 0.29) is 24.0 Å². The van der Waals surface area contributed by atoms with Gasteiger partial charge in [-0.15, -0.1) is 24.0 Å². The van der Waals surface area contributed by atoms with Gasteiger partial charge in [-0.05, 0) is 44.2 Å². The molecule has 0 amide bonds. The Bertz CT molecular complexity index is 486. The lowest BCUT2D eigenvalue weighted by molar-refractivity contribution is 0.208. The maximum absolute atomic E-state index is 5.35. The Labute approximate surface area is 162 Å². The predicted molar refractivity (Wildman–Crippen MR) is 109 cm³/mol. The number of methoxy groups -OCH3 is 1. The second-order valence-electron chi connectivity index (χ2n) is 5.76. The highest BCUT2D eigenvalue weighted by Crippen LogP contribution is 2.19. The van der Waals surface area contributed by atoms with Gasteiger partial charge in [-0.25, -0.2) is 0 Å². The van der Waals surface area contributed by atoms with E-state index in [2.05, 4.69) is 21.7 Å². The van der Waals surface area contributed by atoms with Crippen molar-refractivity contribution in [1.82, 2.24) is 10.6 Å². The van der Waals surface area contributed by atoms with E-state index in [1.807, 2.05) is 12.1 Å². The Hall–Kier alpha value is -1.02. The zero-order valence-electron chi connectivity index (χ0n) is 14.6. The van der Waals surface area contributed by atoms with Crippen molar-refractivity contribution >= 4 is 29.9 Å². The first kappa shape index (κ1) is 21.0.